The van der Waals surface area contributed by atoms with Crippen molar-refractivity contribution in [1.82, 2.24) is 153 Å². The SMILES string of the molecule is Cc1cn(C2CN(C)CC(COP(=O)(N(C)C)N3CC(COP(=O)(N(C)C)N4CC(COP(=O)(N(C)C)N5CC(COP(=O)(N(C)C)N6CC(COP(=O)(N(C)C)N7CC(COP(C)(=O)N(C)C)OC(n8cnc9c(=O)[nH]c(N)nc98)C7)OC(n7cnc8c(=O)[nH]c(N)nc87)C6)OC(n6cnc7c(N)ncnc76)C5)OC(n5cnc6c(=O)[nH]c(N)nc65)C4)OC(n4cc(C)c(=O)[nH]c4=O)C3)O2)c(=O)[nH]c1=O. The summed E-state index contributed by atoms with van der Waals surface area (Å²) in [6, 6.07) is 0. The highest BCUT2D eigenvalue weighted by Gasteiger charge is 2.53. The van der Waals surface area contributed by atoms with Gasteiger partial charge in [-0.3, -0.25) is 109 Å². The van der Waals surface area contributed by atoms with Gasteiger partial charge in [0, 0.05) is 76.0 Å². The molecule has 16 rings (SSSR count). The first-order valence-electron chi connectivity index (χ1n) is 44.2. The second-order valence-corrected chi connectivity index (χ2v) is 51.5. The van der Waals surface area contributed by atoms with Gasteiger partial charge in [-0.15, -0.1) is 0 Å². The van der Waals surface area contributed by atoms with E-state index in [9.17, 15) is 38.1 Å². The molecule has 6 aliphatic rings. The minimum atomic E-state index is -4.54. The lowest BCUT2D eigenvalue weighted by Crippen LogP contribution is -2.51. The Kier molecular flexibility index (Phi) is 30.5. The summed E-state index contributed by atoms with van der Waals surface area (Å²) in [5.74, 6) is -0.775. The van der Waals surface area contributed by atoms with Crippen LogP contribution in [0.1, 0.15) is 48.5 Å². The third kappa shape index (κ3) is 21.3. The zero-order valence-corrected chi connectivity index (χ0v) is 85.3. The van der Waals surface area contributed by atoms with Gasteiger partial charge in [-0.1, -0.05) is 0 Å². The normalized spacial score (nSPS) is 26.0. The largest absolute Gasteiger partial charge is 0.382 e. The van der Waals surface area contributed by atoms with Crippen molar-refractivity contribution in [3.05, 3.63) is 128 Å². The molecule has 0 aliphatic carbocycles. The summed E-state index contributed by atoms with van der Waals surface area (Å²) in [5, 5.41) is 0. The zero-order chi connectivity index (χ0) is 102. The van der Waals surface area contributed by atoms with Crippen LogP contribution < -0.4 is 62.1 Å². The Balaban J connectivity index is 0.684. The predicted octanol–water partition coefficient (Wildman–Crippen LogP) is -1.07. The fraction of sp³-hybridized carbons (Fsp3) is 0.622. The number of likely N-dealkylation sites (N-methyl/N-ethyl adjacent to an activating group) is 1. The molecule has 67 heteroatoms. The van der Waals surface area contributed by atoms with Gasteiger partial charge in [-0.05, 0) is 105 Å². The average Bonchev–Trinajstić information content (AvgIpc) is 1.71. The number of aromatic nitrogens is 20. The fourth-order valence-corrected chi connectivity index (χ4v) is 27.8. The molecule has 0 amide bonds. The Labute approximate surface area is 802 Å². The summed E-state index contributed by atoms with van der Waals surface area (Å²) in [5.41, 5.74) is 20.2. The number of hydrogen-bond donors (Lipinski definition) is 9. The first-order valence-corrected chi connectivity index (χ1v) is 53.9. The van der Waals surface area contributed by atoms with Gasteiger partial charge in [-0.2, -0.15) is 15.0 Å². The smallest absolute Gasteiger partial charge is 0.345 e. The number of anilines is 4. The molecule has 16 heterocycles. The summed E-state index contributed by atoms with van der Waals surface area (Å²) in [6.07, 6.45) is -4.73. The minimum absolute atomic E-state index is 0.0120. The third-order valence-corrected chi connectivity index (χ3v) is 39.3. The van der Waals surface area contributed by atoms with Crippen LogP contribution in [0, 0.1) is 13.8 Å². The maximum atomic E-state index is 16.8. The summed E-state index contributed by atoms with van der Waals surface area (Å²) in [7, 11) is -5.59. The second-order valence-electron chi connectivity index (χ2n) is 35.8. The lowest BCUT2D eigenvalue weighted by Gasteiger charge is -2.46. The molecule has 141 heavy (non-hydrogen) atoms. The number of aryl methyl sites for hydroxylation is 2. The van der Waals surface area contributed by atoms with Crippen molar-refractivity contribution in [3.8, 4) is 0 Å². The molecule has 772 valence electrons. The number of rotatable bonds is 35. The summed E-state index contributed by atoms with van der Waals surface area (Å²) >= 11 is 0. The first-order chi connectivity index (χ1) is 66.5. The number of nitrogens with one attached hydrogen (secondary N) is 5. The number of aromatic amines is 5. The van der Waals surface area contributed by atoms with Crippen LogP contribution in [0.25, 0.3) is 44.7 Å². The number of nitrogens with zero attached hydrogens (tertiary/aromatic N) is 27. The van der Waals surface area contributed by atoms with Crippen molar-refractivity contribution in [2.75, 3.05) is 239 Å². The van der Waals surface area contributed by atoms with Crippen molar-refractivity contribution in [3.63, 3.8) is 0 Å². The van der Waals surface area contributed by atoms with Gasteiger partial charge in [0.25, 0.3) is 35.3 Å². The Morgan fingerprint density at radius 1 is 0.333 bits per heavy atom. The van der Waals surface area contributed by atoms with Crippen LogP contribution in [0.4, 0.5) is 23.7 Å². The molecular weight excluding hydrogens is 1980 g/mol. The second kappa shape index (κ2) is 41.2. The van der Waals surface area contributed by atoms with Crippen molar-refractivity contribution in [2.24, 2.45) is 0 Å². The van der Waals surface area contributed by atoms with Crippen LogP contribution in [0.2, 0.25) is 0 Å². The lowest BCUT2D eigenvalue weighted by atomic mass is 10.2. The van der Waals surface area contributed by atoms with Gasteiger partial charge >= 0.3 is 49.7 Å². The van der Waals surface area contributed by atoms with Gasteiger partial charge < -0.3 is 78.5 Å². The van der Waals surface area contributed by atoms with E-state index in [-0.39, 0.29) is 171 Å². The van der Waals surface area contributed by atoms with Crippen molar-refractivity contribution < 1.29 is 83.0 Å². The van der Waals surface area contributed by atoms with Crippen LogP contribution in [0.15, 0.2) is 77.6 Å². The zero-order valence-electron chi connectivity index (χ0n) is 80.0. The van der Waals surface area contributed by atoms with E-state index in [4.69, 9.17) is 78.5 Å². The van der Waals surface area contributed by atoms with Gasteiger partial charge in [0.15, 0.2) is 57.4 Å². The predicted molar refractivity (Wildman–Crippen MR) is 508 cm³/mol. The number of morpholine rings is 6. The highest BCUT2D eigenvalue weighted by atomic mass is 31.2. The van der Waals surface area contributed by atoms with Crippen molar-refractivity contribution in [1.29, 1.82) is 0 Å². The molecule has 6 saturated heterocycles. The standard InChI is InChI=1S/C74H116N36O25P6/c1-42-17-105(73(116)91-65(42)111)50-25-99(15)19-44(130-50)32-125-137(119,94(5)6)100-21-46(131-51(26-100)106-18-43(2)66(112)92-74(106)117)33-126-140(122,97(11)12)103-23-49(135-54(29-103)109-40-83-58-63(109)86-71(77)89-68(58)114)36-129-139(121,96(9)10)102-22-47(133-52(27-102)107-38-81-56-60(75)79-37-80-61(56)107)34-127-141(123,98(13)14)104-24-48(134-55(30-104)110-41-84-59-64(110)87-72(78)90-69(59)115)35-128-138(120,95(7)8)101-20-45(31-124-136(16,118)93(3)4)132-53(28-101)108-39-82-57-62(108)85-70(76)88-67(57)113/h17-18,37-41,44-55H,19-36H2,1-16H3,(H2,75,79,80)(H,91,111,116)(H,92,112,117)(H3,76,85,88,113)(H3,77,86,89,114)(H3,78,87,90,115). The highest BCUT2D eigenvalue weighted by Crippen LogP contribution is 2.62. The number of fused-ring (bicyclic) bond motifs is 4. The van der Waals surface area contributed by atoms with Crippen LogP contribution in [-0.4, -0.2) is 407 Å². The molecule has 0 saturated carbocycles. The molecule has 0 spiro atoms. The molecule has 0 bridgehead atoms. The van der Waals surface area contributed by atoms with Gasteiger partial charge in [0.05, 0.1) is 134 Å². The molecule has 10 aromatic heterocycles. The van der Waals surface area contributed by atoms with Crippen LogP contribution in [-0.2, 0) is 83.0 Å². The van der Waals surface area contributed by atoms with Gasteiger partial charge in [-0.25, -0.2) is 90.9 Å². The molecule has 6 aliphatic heterocycles. The number of H-pyrrole nitrogens is 5. The van der Waals surface area contributed by atoms with E-state index in [2.05, 4.69) is 69.8 Å². The third-order valence-electron chi connectivity index (χ3n) is 24.6. The van der Waals surface area contributed by atoms with E-state index in [0.717, 1.165) is 4.57 Å². The first kappa shape index (κ1) is 104. The quantitative estimate of drug-likeness (QED) is 0.0214. The number of nitrogens with two attached hydrogens (primary N) is 4. The van der Waals surface area contributed by atoms with Crippen molar-refractivity contribution >= 4 is 114 Å². The number of hydrogen-bond acceptors (Lipinski definition) is 39. The van der Waals surface area contributed by atoms with E-state index in [1.165, 1.54) is 202 Å². The molecule has 10 aromatic rings. The summed E-state index contributed by atoms with van der Waals surface area (Å²) in [4.78, 5) is 146. The Morgan fingerprint density at radius 3 is 0.887 bits per heavy atom. The summed E-state index contributed by atoms with van der Waals surface area (Å²) in [6.45, 7) is -0.708. The minimum Gasteiger partial charge on any atom is -0.382 e. The number of ether oxygens (including phenoxy) is 6. The highest BCUT2D eigenvalue weighted by molar-refractivity contribution is 7.56. The van der Waals surface area contributed by atoms with Crippen LogP contribution >= 0.6 is 45.9 Å². The van der Waals surface area contributed by atoms with E-state index >= 15 is 22.8 Å². The lowest BCUT2D eigenvalue weighted by molar-refractivity contribution is -0.134. The maximum absolute atomic E-state index is 16.8. The van der Waals surface area contributed by atoms with Crippen LogP contribution in [0.5, 0.6) is 0 Å². The monoisotopic (exact) mass is 2090 g/mol. The summed E-state index contributed by atoms with van der Waals surface area (Å²) < 4.78 is 199. The molecule has 13 N–H and O–H groups in total. The van der Waals surface area contributed by atoms with E-state index in [0.29, 0.717) is 0 Å². The Hall–Kier alpha value is -9.42. The molecule has 0 aromatic carbocycles. The van der Waals surface area contributed by atoms with Gasteiger partial charge in [0.1, 0.15) is 36.8 Å². The maximum Gasteiger partial charge on any atom is 0.345 e. The van der Waals surface area contributed by atoms with E-state index in [1.807, 2.05) is 4.90 Å². The fourth-order valence-electron chi connectivity index (χ4n) is 17.1. The molecule has 18 atom stereocenters. The Bertz CT molecular complexity index is 7080. The Morgan fingerprint density at radius 2 is 0.596 bits per heavy atom. The molecule has 0 radical (unpaired) electrons. The van der Waals surface area contributed by atoms with E-state index in [1.54, 1.807) is 28.1 Å². The average molecular weight is 2100 g/mol. The number of imidazole rings is 4. The topological polar surface area (TPSA) is 700 Å². The van der Waals surface area contributed by atoms with Crippen molar-refractivity contribution in [2.45, 2.75) is 87.8 Å². The molecule has 18 unspecified atom stereocenters. The molecule has 6 fully saturated rings. The molecule has 61 nitrogen and oxygen atoms in total. The number of nitrogen functional groups attached to an aromatic ring is 4. The van der Waals surface area contributed by atoms with E-state index < -0.39 is 185 Å². The molecular formula is C74H116N36O25P6. The van der Waals surface area contributed by atoms with Crippen LogP contribution in [0.3, 0.4) is 0 Å². The van der Waals surface area contributed by atoms with Gasteiger partial charge in [0.2, 0.25) is 17.8 Å².